The SMILES string of the molecule is CC(=O)Nc1oc(-c2cccc(F)c2)c(O)c1OC(C)=O. The summed E-state index contributed by atoms with van der Waals surface area (Å²) >= 11 is 0. The molecule has 0 fully saturated rings. The van der Waals surface area contributed by atoms with Crippen LogP contribution in [0.25, 0.3) is 11.3 Å². The van der Waals surface area contributed by atoms with E-state index in [4.69, 9.17) is 9.15 Å². The van der Waals surface area contributed by atoms with Crippen LogP contribution in [-0.4, -0.2) is 17.0 Å². The lowest BCUT2D eigenvalue weighted by Crippen LogP contribution is -2.08. The molecule has 110 valence electrons. The zero-order chi connectivity index (χ0) is 15.6. The van der Waals surface area contributed by atoms with Crippen LogP contribution in [0.4, 0.5) is 10.3 Å². The molecule has 1 aromatic heterocycles. The molecule has 21 heavy (non-hydrogen) atoms. The topological polar surface area (TPSA) is 88.8 Å². The van der Waals surface area contributed by atoms with Gasteiger partial charge in [0.25, 0.3) is 0 Å². The number of rotatable bonds is 3. The van der Waals surface area contributed by atoms with Crippen LogP contribution >= 0.6 is 0 Å². The van der Waals surface area contributed by atoms with E-state index in [0.29, 0.717) is 0 Å². The van der Waals surface area contributed by atoms with Crippen LogP contribution < -0.4 is 10.1 Å². The van der Waals surface area contributed by atoms with E-state index in [1.807, 2.05) is 0 Å². The van der Waals surface area contributed by atoms with E-state index in [-0.39, 0.29) is 23.0 Å². The second-order valence-electron chi connectivity index (χ2n) is 4.22. The van der Waals surface area contributed by atoms with E-state index >= 15 is 0 Å². The predicted octanol–water partition coefficient (Wildman–Crippen LogP) is 2.68. The normalized spacial score (nSPS) is 10.2. The summed E-state index contributed by atoms with van der Waals surface area (Å²) in [6, 6.07) is 5.28. The first-order valence-corrected chi connectivity index (χ1v) is 5.96. The lowest BCUT2D eigenvalue weighted by atomic mass is 10.1. The predicted molar refractivity (Wildman–Crippen MR) is 71.4 cm³/mol. The van der Waals surface area contributed by atoms with Crippen molar-refractivity contribution in [1.29, 1.82) is 0 Å². The summed E-state index contributed by atoms with van der Waals surface area (Å²) < 4.78 is 23.3. The maximum atomic E-state index is 13.2. The van der Waals surface area contributed by atoms with Gasteiger partial charge in [-0.15, -0.1) is 0 Å². The number of halogens is 1. The molecule has 0 aliphatic heterocycles. The van der Waals surface area contributed by atoms with Gasteiger partial charge in [0.15, 0.2) is 5.76 Å². The Kier molecular flexibility index (Phi) is 3.93. The van der Waals surface area contributed by atoms with Gasteiger partial charge in [-0.1, -0.05) is 12.1 Å². The van der Waals surface area contributed by atoms with Crippen molar-refractivity contribution < 1.29 is 28.2 Å². The summed E-state index contributed by atoms with van der Waals surface area (Å²) in [5, 5.41) is 12.4. The van der Waals surface area contributed by atoms with Gasteiger partial charge in [0, 0.05) is 19.4 Å². The number of hydrogen-bond donors (Lipinski definition) is 2. The smallest absolute Gasteiger partial charge is 0.308 e. The van der Waals surface area contributed by atoms with Crippen LogP contribution in [0.3, 0.4) is 0 Å². The molecular weight excluding hydrogens is 281 g/mol. The summed E-state index contributed by atoms with van der Waals surface area (Å²) in [7, 11) is 0. The highest BCUT2D eigenvalue weighted by molar-refractivity contribution is 5.91. The molecule has 2 rings (SSSR count). The van der Waals surface area contributed by atoms with Gasteiger partial charge >= 0.3 is 5.97 Å². The van der Waals surface area contributed by atoms with Gasteiger partial charge in [-0.2, -0.15) is 0 Å². The maximum absolute atomic E-state index is 13.2. The van der Waals surface area contributed by atoms with Crippen LogP contribution in [0.2, 0.25) is 0 Å². The average molecular weight is 293 g/mol. The molecule has 2 N–H and O–H groups in total. The maximum Gasteiger partial charge on any atom is 0.308 e. The number of esters is 1. The van der Waals surface area contributed by atoms with Gasteiger partial charge in [-0.25, -0.2) is 4.39 Å². The minimum Gasteiger partial charge on any atom is -0.502 e. The van der Waals surface area contributed by atoms with E-state index in [9.17, 15) is 19.1 Å². The van der Waals surface area contributed by atoms with E-state index < -0.39 is 23.4 Å². The molecule has 2 aromatic rings. The third kappa shape index (κ3) is 3.19. The quantitative estimate of drug-likeness (QED) is 0.849. The number of carbonyl (C=O) groups excluding carboxylic acids is 2. The van der Waals surface area contributed by atoms with Crippen molar-refractivity contribution in [3.8, 4) is 22.8 Å². The van der Waals surface area contributed by atoms with E-state index in [1.165, 1.54) is 25.1 Å². The first kappa shape index (κ1) is 14.6. The number of anilines is 1. The third-order valence-corrected chi connectivity index (χ3v) is 2.46. The molecule has 6 nitrogen and oxygen atoms in total. The standard InChI is InChI=1S/C14H12FNO5/c1-7(17)16-14-13(20-8(2)18)11(19)12(21-14)9-4-3-5-10(15)6-9/h3-6,19H,1-2H3,(H,16,17). The Labute approximate surface area is 119 Å². The Bertz CT molecular complexity index is 707. The second-order valence-corrected chi connectivity index (χ2v) is 4.22. The molecule has 1 heterocycles. The fraction of sp³-hybridized carbons (Fsp3) is 0.143. The molecule has 0 spiro atoms. The average Bonchev–Trinajstić information content (AvgIpc) is 2.66. The molecular formula is C14H12FNO5. The van der Waals surface area contributed by atoms with Gasteiger partial charge in [0.1, 0.15) is 5.82 Å². The highest BCUT2D eigenvalue weighted by Crippen LogP contribution is 2.46. The lowest BCUT2D eigenvalue weighted by Gasteiger charge is -2.01. The number of hydrogen-bond acceptors (Lipinski definition) is 5. The van der Waals surface area contributed by atoms with Crippen LogP contribution in [0.1, 0.15) is 13.8 Å². The lowest BCUT2D eigenvalue weighted by molar-refractivity contribution is -0.132. The number of amides is 1. The van der Waals surface area contributed by atoms with Gasteiger partial charge in [0.05, 0.1) is 0 Å². The fourth-order valence-corrected chi connectivity index (χ4v) is 1.71. The Morgan fingerprint density at radius 3 is 2.62 bits per heavy atom. The van der Waals surface area contributed by atoms with Crippen molar-refractivity contribution in [2.75, 3.05) is 5.32 Å². The largest absolute Gasteiger partial charge is 0.502 e. The van der Waals surface area contributed by atoms with Gasteiger partial charge in [0.2, 0.25) is 23.3 Å². The molecule has 1 amide bonds. The van der Waals surface area contributed by atoms with E-state index in [1.54, 1.807) is 0 Å². The highest BCUT2D eigenvalue weighted by atomic mass is 19.1. The molecule has 0 saturated heterocycles. The van der Waals surface area contributed by atoms with Crippen molar-refractivity contribution in [2.24, 2.45) is 0 Å². The Morgan fingerprint density at radius 2 is 2.05 bits per heavy atom. The van der Waals surface area contributed by atoms with Gasteiger partial charge < -0.3 is 14.3 Å². The molecule has 0 radical (unpaired) electrons. The van der Waals surface area contributed by atoms with Crippen molar-refractivity contribution in [3.63, 3.8) is 0 Å². The highest BCUT2D eigenvalue weighted by Gasteiger charge is 2.25. The van der Waals surface area contributed by atoms with E-state index in [0.717, 1.165) is 13.0 Å². The number of benzene rings is 1. The fourth-order valence-electron chi connectivity index (χ4n) is 1.71. The minimum atomic E-state index is -0.705. The molecule has 0 aliphatic rings. The summed E-state index contributed by atoms with van der Waals surface area (Å²) in [6.45, 7) is 2.35. The Balaban J connectivity index is 2.54. The van der Waals surface area contributed by atoms with Crippen LogP contribution in [0.5, 0.6) is 11.5 Å². The zero-order valence-electron chi connectivity index (χ0n) is 11.3. The van der Waals surface area contributed by atoms with Crippen molar-refractivity contribution in [1.82, 2.24) is 0 Å². The summed E-state index contributed by atoms with van der Waals surface area (Å²) in [5.41, 5.74) is 0.234. The molecule has 0 unspecified atom stereocenters. The molecule has 0 bridgehead atoms. The number of carbonyl (C=O) groups is 2. The van der Waals surface area contributed by atoms with Crippen molar-refractivity contribution in [2.45, 2.75) is 13.8 Å². The first-order chi connectivity index (χ1) is 9.88. The van der Waals surface area contributed by atoms with E-state index in [2.05, 4.69) is 5.32 Å². The molecule has 0 saturated carbocycles. The third-order valence-electron chi connectivity index (χ3n) is 2.46. The van der Waals surface area contributed by atoms with Crippen molar-refractivity contribution in [3.05, 3.63) is 30.1 Å². The van der Waals surface area contributed by atoms with Gasteiger partial charge in [-0.05, 0) is 12.1 Å². The Morgan fingerprint density at radius 1 is 1.33 bits per heavy atom. The van der Waals surface area contributed by atoms with Gasteiger partial charge in [-0.3, -0.25) is 14.9 Å². The van der Waals surface area contributed by atoms with Crippen LogP contribution in [0, 0.1) is 5.82 Å². The Hall–Kier alpha value is -2.83. The molecule has 0 atom stereocenters. The van der Waals surface area contributed by atoms with Crippen molar-refractivity contribution >= 4 is 17.8 Å². The zero-order valence-corrected chi connectivity index (χ0v) is 11.3. The molecule has 0 aliphatic carbocycles. The van der Waals surface area contributed by atoms with Crippen LogP contribution in [0.15, 0.2) is 28.7 Å². The summed E-state index contributed by atoms with van der Waals surface area (Å²) in [6.07, 6.45) is 0. The molecule has 7 heteroatoms. The number of ether oxygens (including phenoxy) is 1. The first-order valence-electron chi connectivity index (χ1n) is 5.96. The second kappa shape index (κ2) is 5.66. The van der Waals surface area contributed by atoms with Crippen LogP contribution in [-0.2, 0) is 9.59 Å². The summed E-state index contributed by atoms with van der Waals surface area (Å²) in [4.78, 5) is 22.2. The monoisotopic (exact) mass is 293 g/mol. The number of aromatic hydroxyl groups is 1. The molecule has 1 aromatic carbocycles. The summed E-state index contributed by atoms with van der Waals surface area (Å²) in [5.74, 6) is -2.88. The number of nitrogens with one attached hydrogen (secondary N) is 1. The number of furan rings is 1. The minimum absolute atomic E-state index is 0.116.